The molecular weight excluding hydrogens is 242 g/mol. The third kappa shape index (κ3) is 1.55. The van der Waals surface area contributed by atoms with E-state index in [2.05, 4.69) is 13.8 Å². The standard InChI is InChI=1S/C17H16F2/c1-9-5-13-11(7-15(9)18)12-8-16(19)10(2)6-14(12)17(13,3)4/h5-8H,1-4H3. The van der Waals surface area contributed by atoms with Gasteiger partial charge in [0.15, 0.2) is 0 Å². The Balaban J connectivity index is 2.40. The van der Waals surface area contributed by atoms with E-state index in [1.54, 1.807) is 13.8 Å². The fraction of sp³-hybridized carbons (Fsp3) is 0.294. The van der Waals surface area contributed by atoms with Gasteiger partial charge in [-0.05, 0) is 59.4 Å². The highest BCUT2D eigenvalue weighted by atomic mass is 19.1. The summed E-state index contributed by atoms with van der Waals surface area (Å²) >= 11 is 0. The number of hydrogen-bond acceptors (Lipinski definition) is 0. The van der Waals surface area contributed by atoms with Crippen LogP contribution in [0.25, 0.3) is 11.1 Å². The molecule has 3 rings (SSSR count). The van der Waals surface area contributed by atoms with Crippen molar-refractivity contribution in [3.05, 3.63) is 58.2 Å². The van der Waals surface area contributed by atoms with Crippen LogP contribution in [-0.4, -0.2) is 0 Å². The zero-order valence-electron chi connectivity index (χ0n) is 11.6. The molecule has 1 aliphatic rings. The minimum Gasteiger partial charge on any atom is -0.207 e. The first kappa shape index (κ1) is 12.3. The monoisotopic (exact) mass is 258 g/mol. The van der Waals surface area contributed by atoms with Gasteiger partial charge in [-0.25, -0.2) is 8.78 Å². The third-order valence-electron chi connectivity index (χ3n) is 4.23. The molecule has 2 aromatic carbocycles. The Morgan fingerprint density at radius 1 is 0.737 bits per heavy atom. The van der Waals surface area contributed by atoms with Crippen molar-refractivity contribution in [1.82, 2.24) is 0 Å². The van der Waals surface area contributed by atoms with Crippen molar-refractivity contribution in [2.45, 2.75) is 33.1 Å². The summed E-state index contributed by atoms with van der Waals surface area (Å²) in [5.74, 6) is -0.466. The number of aryl methyl sites for hydroxylation is 2. The smallest absolute Gasteiger partial charge is 0.126 e. The second-order valence-electron chi connectivity index (χ2n) is 5.92. The zero-order chi connectivity index (χ0) is 13.9. The van der Waals surface area contributed by atoms with Gasteiger partial charge in [0.1, 0.15) is 11.6 Å². The molecule has 0 atom stereocenters. The highest BCUT2D eigenvalue weighted by Crippen LogP contribution is 2.49. The Kier molecular flexibility index (Phi) is 2.38. The number of fused-ring (bicyclic) bond motifs is 3. The van der Waals surface area contributed by atoms with Crippen LogP contribution in [0.2, 0.25) is 0 Å². The van der Waals surface area contributed by atoms with Gasteiger partial charge in [0.05, 0.1) is 0 Å². The van der Waals surface area contributed by atoms with Gasteiger partial charge < -0.3 is 0 Å². The van der Waals surface area contributed by atoms with E-state index in [-0.39, 0.29) is 17.0 Å². The summed E-state index contributed by atoms with van der Waals surface area (Å²) in [4.78, 5) is 0. The number of benzene rings is 2. The van der Waals surface area contributed by atoms with Crippen LogP contribution in [0.5, 0.6) is 0 Å². The Morgan fingerprint density at radius 2 is 1.11 bits per heavy atom. The molecule has 0 saturated carbocycles. The van der Waals surface area contributed by atoms with Gasteiger partial charge in [-0.3, -0.25) is 0 Å². The molecule has 0 aliphatic heterocycles. The van der Waals surface area contributed by atoms with Gasteiger partial charge in [0.25, 0.3) is 0 Å². The Morgan fingerprint density at radius 3 is 1.47 bits per heavy atom. The summed E-state index contributed by atoms with van der Waals surface area (Å²) in [5.41, 5.74) is 4.86. The molecule has 98 valence electrons. The van der Waals surface area contributed by atoms with Crippen LogP contribution < -0.4 is 0 Å². The summed E-state index contributed by atoms with van der Waals surface area (Å²) in [6.45, 7) is 7.74. The molecule has 0 heterocycles. The highest BCUT2D eigenvalue weighted by molar-refractivity contribution is 5.81. The largest absolute Gasteiger partial charge is 0.207 e. The molecule has 2 heteroatoms. The summed E-state index contributed by atoms with van der Waals surface area (Å²) in [7, 11) is 0. The lowest BCUT2D eigenvalue weighted by molar-refractivity contribution is 0.610. The minimum atomic E-state index is -0.233. The molecule has 0 radical (unpaired) electrons. The molecule has 1 aliphatic carbocycles. The van der Waals surface area contributed by atoms with Crippen LogP contribution in [0.3, 0.4) is 0 Å². The van der Waals surface area contributed by atoms with E-state index in [9.17, 15) is 8.78 Å². The van der Waals surface area contributed by atoms with E-state index in [4.69, 9.17) is 0 Å². The quantitative estimate of drug-likeness (QED) is 0.631. The number of rotatable bonds is 0. The molecule has 19 heavy (non-hydrogen) atoms. The average molecular weight is 258 g/mol. The molecular formula is C17H16F2. The van der Waals surface area contributed by atoms with Crippen molar-refractivity contribution in [1.29, 1.82) is 0 Å². The Labute approximate surface area is 112 Å². The fourth-order valence-corrected chi connectivity index (χ4v) is 2.99. The first-order chi connectivity index (χ1) is 8.82. The van der Waals surface area contributed by atoms with Crippen molar-refractivity contribution in [3.63, 3.8) is 0 Å². The number of hydrogen-bond donors (Lipinski definition) is 0. The first-order valence-corrected chi connectivity index (χ1v) is 6.44. The zero-order valence-corrected chi connectivity index (χ0v) is 11.6. The minimum absolute atomic E-state index is 0.207. The second kappa shape index (κ2) is 3.66. The SMILES string of the molecule is Cc1cc2c(cc1F)-c1cc(F)c(C)cc1C2(C)C. The molecule has 0 amide bonds. The van der Waals surface area contributed by atoms with Gasteiger partial charge in [0, 0.05) is 5.41 Å². The van der Waals surface area contributed by atoms with Crippen molar-refractivity contribution in [3.8, 4) is 11.1 Å². The topological polar surface area (TPSA) is 0 Å². The maximum atomic E-state index is 13.8. The van der Waals surface area contributed by atoms with E-state index in [0.29, 0.717) is 11.1 Å². The van der Waals surface area contributed by atoms with Crippen molar-refractivity contribution in [2.24, 2.45) is 0 Å². The van der Waals surface area contributed by atoms with Crippen LogP contribution in [-0.2, 0) is 5.41 Å². The molecule has 0 N–H and O–H groups in total. The molecule has 0 nitrogen and oxygen atoms in total. The van der Waals surface area contributed by atoms with E-state index in [1.807, 2.05) is 12.1 Å². The third-order valence-corrected chi connectivity index (χ3v) is 4.23. The molecule has 0 unspecified atom stereocenters. The normalized spacial score (nSPS) is 15.3. The molecule has 2 aromatic rings. The lowest BCUT2D eigenvalue weighted by Crippen LogP contribution is -2.15. The maximum Gasteiger partial charge on any atom is 0.126 e. The van der Waals surface area contributed by atoms with Crippen molar-refractivity contribution >= 4 is 0 Å². The van der Waals surface area contributed by atoms with Crippen LogP contribution in [0.4, 0.5) is 8.78 Å². The number of halogens is 2. The van der Waals surface area contributed by atoms with Gasteiger partial charge >= 0.3 is 0 Å². The van der Waals surface area contributed by atoms with Crippen LogP contribution in [0.15, 0.2) is 24.3 Å². The van der Waals surface area contributed by atoms with Gasteiger partial charge in [-0.1, -0.05) is 26.0 Å². The van der Waals surface area contributed by atoms with Gasteiger partial charge in [0.2, 0.25) is 0 Å². The summed E-state index contributed by atoms with van der Waals surface area (Å²) < 4.78 is 27.6. The molecule has 0 spiro atoms. The van der Waals surface area contributed by atoms with Crippen molar-refractivity contribution < 1.29 is 8.78 Å². The van der Waals surface area contributed by atoms with Gasteiger partial charge in [-0.15, -0.1) is 0 Å². The second-order valence-corrected chi connectivity index (χ2v) is 5.92. The Hall–Kier alpha value is -1.70. The summed E-state index contributed by atoms with van der Waals surface area (Å²) in [5, 5.41) is 0. The van der Waals surface area contributed by atoms with Crippen LogP contribution in [0.1, 0.15) is 36.1 Å². The lowest BCUT2D eigenvalue weighted by Gasteiger charge is -2.22. The van der Waals surface area contributed by atoms with Crippen LogP contribution >= 0.6 is 0 Å². The molecule has 0 bridgehead atoms. The average Bonchev–Trinajstić information content (AvgIpc) is 2.52. The van der Waals surface area contributed by atoms with Gasteiger partial charge in [-0.2, -0.15) is 0 Å². The Bertz CT molecular complexity index is 637. The van der Waals surface area contributed by atoms with E-state index in [0.717, 1.165) is 22.3 Å². The molecule has 0 aromatic heterocycles. The first-order valence-electron chi connectivity index (χ1n) is 6.44. The predicted octanol–water partition coefficient (Wildman–Crippen LogP) is 4.89. The predicted molar refractivity (Wildman–Crippen MR) is 73.4 cm³/mol. The van der Waals surface area contributed by atoms with E-state index in [1.165, 1.54) is 12.1 Å². The molecule has 0 saturated heterocycles. The lowest BCUT2D eigenvalue weighted by atomic mass is 9.81. The fourth-order valence-electron chi connectivity index (χ4n) is 2.99. The van der Waals surface area contributed by atoms with E-state index >= 15 is 0 Å². The van der Waals surface area contributed by atoms with E-state index < -0.39 is 0 Å². The summed E-state index contributed by atoms with van der Waals surface area (Å²) in [6.07, 6.45) is 0. The van der Waals surface area contributed by atoms with Crippen LogP contribution in [0, 0.1) is 25.5 Å². The van der Waals surface area contributed by atoms with Crippen molar-refractivity contribution in [2.75, 3.05) is 0 Å². The highest BCUT2D eigenvalue weighted by Gasteiger charge is 2.36. The molecule has 0 fully saturated rings. The maximum absolute atomic E-state index is 13.8. The summed E-state index contributed by atoms with van der Waals surface area (Å²) in [6, 6.07) is 6.84.